The monoisotopic (exact) mass is 199 g/mol. The Hall–Kier alpha value is 0.310. The first-order valence-corrected chi connectivity index (χ1v) is 6.81. The van der Waals surface area contributed by atoms with Gasteiger partial charge in [0, 0.05) is 0 Å². The maximum absolute atomic E-state index is 3.55. The molecule has 76 valence electrons. The van der Waals surface area contributed by atoms with Gasteiger partial charge in [-0.2, -0.15) is 11.8 Å². The second-order valence-corrected chi connectivity index (χ2v) is 5.68. The van der Waals surface area contributed by atoms with E-state index in [2.05, 4.69) is 24.0 Å². The molecule has 2 heterocycles. The predicted octanol–water partition coefficient (Wildman–Crippen LogP) is 2.52. The molecule has 1 nitrogen and oxygen atoms in total. The van der Waals surface area contributed by atoms with E-state index in [1.807, 2.05) is 0 Å². The summed E-state index contributed by atoms with van der Waals surface area (Å²) in [6.07, 6.45) is 5.76. The maximum atomic E-state index is 3.55. The second kappa shape index (κ2) is 4.22. The van der Waals surface area contributed by atoms with Crippen LogP contribution in [0.5, 0.6) is 0 Å². The molecule has 0 aromatic carbocycles. The lowest BCUT2D eigenvalue weighted by molar-refractivity contribution is 0.115. The average Bonchev–Trinajstić information content (AvgIpc) is 2.20. The number of hydrogen-bond donors (Lipinski definition) is 1. The molecular weight excluding hydrogens is 178 g/mol. The SMILES string of the molecule is CCC1CNCCC12CCCSC2. The molecule has 2 unspecified atom stereocenters. The van der Waals surface area contributed by atoms with Gasteiger partial charge in [0.15, 0.2) is 0 Å². The van der Waals surface area contributed by atoms with Crippen LogP contribution in [0.1, 0.15) is 32.6 Å². The Kier molecular flexibility index (Phi) is 3.20. The summed E-state index contributed by atoms with van der Waals surface area (Å²) in [5.41, 5.74) is 0.725. The van der Waals surface area contributed by atoms with Crippen molar-refractivity contribution < 1.29 is 0 Å². The molecule has 0 aromatic rings. The van der Waals surface area contributed by atoms with Crippen molar-refractivity contribution in [1.82, 2.24) is 5.32 Å². The minimum absolute atomic E-state index is 0.725. The van der Waals surface area contributed by atoms with Gasteiger partial charge in [-0.3, -0.25) is 0 Å². The van der Waals surface area contributed by atoms with E-state index in [9.17, 15) is 0 Å². The molecular formula is C11H21NS. The number of thioether (sulfide) groups is 1. The van der Waals surface area contributed by atoms with Crippen LogP contribution in [-0.4, -0.2) is 24.6 Å². The minimum Gasteiger partial charge on any atom is -0.316 e. The summed E-state index contributed by atoms with van der Waals surface area (Å²) in [5.74, 6) is 3.80. The zero-order valence-electron chi connectivity index (χ0n) is 8.64. The summed E-state index contributed by atoms with van der Waals surface area (Å²) in [6, 6.07) is 0. The van der Waals surface area contributed by atoms with Crippen molar-refractivity contribution in [2.75, 3.05) is 24.6 Å². The fourth-order valence-corrected chi connectivity index (χ4v) is 4.43. The zero-order chi connectivity index (χ0) is 9.15. The lowest BCUT2D eigenvalue weighted by Gasteiger charge is -2.46. The Morgan fingerprint density at radius 2 is 2.38 bits per heavy atom. The van der Waals surface area contributed by atoms with Gasteiger partial charge in [-0.25, -0.2) is 0 Å². The van der Waals surface area contributed by atoms with Gasteiger partial charge in [0.05, 0.1) is 0 Å². The number of hydrogen-bond acceptors (Lipinski definition) is 2. The van der Waals surface area contributed by atoms with Crippen molar-refractivity contribution in [2.24, 2.45) is 11.3 Å². The first-order valence-electron chi connectivity index (χ1n) is 5.66. The molecule has 0 bridgehead atoms. The third-order valence-electron chi connectivity index (χ3n) is 3.90. The van der Waals surface area contributed by atoms with Crippen LogP contribution < -0.4 is 5.32 Å². The van der Waals surface area contributed by atoms with Gasteiger partial charge in [-0.1, -0.05) is 13.3 Å². The molecule has 0 amide bonds. The summed E-state index contributed by atoms with van der Waals surface area (Å²) < 4.78 is 0. The van der Waals surface area contributed by atoms with E-state index in [1.54, 1.807) is 0 Å². The summed E-state index contributed by atoms with van der Waals surface area (Å²) >= 11 is 2.19. The molecule has 2 heteroatoms. The molecule has 0 aliphatic carbocycles. The highest BCUT2D eigenvalue weighted by Crippen LogP contribution is 2.45. The van der Waals surface area contributed by atoms with E-state index in [-0.39, 0.29) is 0 Å². The van der Waals surface area contributed by atoms with E-state index in [0.717, 1.165) is 11.3 Å². The van der Waals surface area contributed by atoms with Crippen molar-refractivity contribution >= 4 is 11.8 Å². The molecule has 2 atom stereocenters. The molecule has 2 fully saturated rings. The van der Waals surface area contributed by atoms with Crippen molar-refractivity contribution in [3.05, 3.63) is 0 Å². The number of rotatable bonds is 1. The highest BCUT2D eigenvalue weighted by atomic mass is 32.2. The molecule has 0 radical (unpaired) electrons. The van der Waals surface area contributed by atoms with Crippen molar-refractivity contribution in [2.45, 2.75) is 32.6 Å². The van der Waals surface area contributed by atoms with Crippen LogP contribution in [0.25, 0.3) is 0 Å². The lowest BCUT2D eigenvalue weighted by atomic mass is 9.68. The average molecular weight is 199 g/mol. The molecule has 2 saturated heterocycles. The Morgan fingerprint density at radius 3 is 3.08 bits per heavy atom. The van der Waals surface area contributed by atoms with Crippen LogP contribution in [0.3, 0.4) is 0 Å². The van der Waals surface area contributed by atoms with Crippen LogP contribution >= 0.6 is 11.8 Å². The summed E-state index contributed by atoms with van der Waals surface area (Å²) in [7, 11) is 0. The highest BCUT2D eigenvalue weighted by Gasteiger charge is 2.40. The smallest absolute Gasteiger partial charge is 0.000719 e. The topological polar surface area (TPSA) is 12.0 Å². The van der Waals surface area contributed by atoms with Crippen LogP contribution in [-0.2, 0) is 0 Å². The van der Waals surface area contributed by atoms with Crippen LogP contribution in [0.4, 0.5) is 0 Å². The molecule has 2 aliphatic heterocycles. The van der Waals surface area contributed by atoms with E-state index >= 15 is 0 Å². The molecule has 2 rings (SSSR count). The van der Waals surface area contributed by atoms with Gasteiger partial charge in [-0.05, 0) is 55.2 Å². The molecule has 0 saturated carbocycles. The molecule has 1 N–H and O–H groups in total. The molecule has 1 spiro atoms. The normalized spacial score (nSPS) is 40.8. The summed E-state index contributed by atoms with van der Waals surface area (Å²) in [5, 5.41) is 3.55. The van der Waals surface area contributed by atoms with Crippen molar-refractivity contribution in [3.63, 3.8) is 0 Å². The second-order valence-electron chi connectivity index (χ2n) is 4.58. The van der Waals surface area contributed by atoms with E-state index in [0.29, 0.717) is 0 Å². The first kappa shape index (κ1) is 9.85. The van der Waals surface area contributed by atoms with Crippen molar-refractivity contribution in [1.29, 1.82) is 0 Å². The Morgan fingerprint density at radius 1 is 1.46 bits per heavy atom. The Balaban J connectivity index is 2.06. The molecule has 2 aliphatic rings. The maximum Gasteiger partial charge on any atom is -0.000719 e. The Bertz CT molecular complexity index is 155. The number of nitrogens with one attached hydrogen (secondary N) is 1. The largest absolute Gasteiger partial charge is 0.316 e. The van der Waals surface area contributed by atoms with Gasteiger partial charge < -0.3 is 5.32 Å². The summed E-state index contributed by atoms with van der Waals surface area (Å²) in [6.45, 7) is 4.90. The van der Waals surface area contributed by atoms with Crippen LogP contribution in [0.15, 0.2) is 0 Å². The van der Waals surface area contributed by atoms with Gasteiger partial charge in [0.1, 0.15) is 0 Å². The molecule has 13 heavy (non-hydrogen) atoms. The van der Waals surface area contributed by atoms with Gasteiger partial charge in [0.2, 0.25) is 0 Å². The van der Waals surface area contributed by atoms with Gasteiger partial charge in [-0.15, -0.1) is 0 Å². The fourth-order valence-electron chi connectivity index (χ4n) is 3.00. The van der Waals surface area contributed by atoms with Gasteiger partial charge >= 0.3 is 0 Å². The van der Waals surface area contributed by atoms with Crippen molar-refractivity contribution in [3.8, 4) is 0 Å². The highest BCUT2D eigenvalue weighted by molar-refractivity contribution is 7.99. The zero-order valence-corrected chi connectivity index (χ0v) is 9.46. The third-order valence-corrected chi connectivity index (χ3v) is 5.26. The first-order chi connectivity index (χ1) is 6.37. The van der Waals surface area contributed by atoms with E-state index < -0.39 is 0 Å². The van der Waals surface area contributed by atoms with E-state index in [1.165, 1.54) is 50.3 Å². The quantitative estimate of drug-likeness (QED) is 0.696. The van der Waals surface area contributed by atoms with E-state index in [4.69, 9.17) is 0 Å². The van der Waals surface area contributed by atoms with Gasteiger partial charge in [0.25, 0.3) is 0 Å². The standard InChI is InChI=1S/C11H21NS/c1-2-10-8-12-6-5-11(10)4-3-7-13-9-11/h10,12H,2-9H2,1H3. The third kappa shape index (κ3) is 1.89. The lowest BCUT2D eigenvalue weighted by Crippen LogP contribution is -2.47. The molecule has 0 aromatic heterocycles. The van der Waals surface area contributed by atoms with Crippen LogP contribution in [0, 0.1) is 11.3 Å². The number of piperidine rings is 1. The Labute approximate surface area is 86.0 Å². The minimum atomic E-state index is 0.725. The fraction of sp³-hybridized carbons (Fsp3) is 1.00. The summed E-state index contributed by atoms with van der Waals surface area (Å²) in [4.78, 5) is 0. The van der Waals surface area contributed by atoms with Crippen LogP contribution in [0.2, 0.25) is 0 Å². The predicted molar refractivity (Wildman–Crippen MR) is 60.3 cm³/mol.